The number of nitrogens with one attached hydrogen (secondary N) is 3. The summed E-state index contributed by atoms with van der Waals surface area (Å²) in [5.41, 5.74) is -0.664. The lowest BCUT2D eigenvalue weighted by atomic mass is 10.0. The zero-order valence-electron chi connectivity index (χ0n) is 25.6. The van der Waals surface area contributed by atoms with E-state index in [1.807, 2.05) is 6.07 Å². The first kappa shape index (κ1) is 36.0. The van der Waals surface area contributed by atoms with Crippen molar-refractivity contribution >= 4 is 68.1 Å². The van der Waals surface area contributed by atoms with Crippen LogP contribution in [0.3, 0.4) is 0 Å². The van der Waals surface area contributed by atoms with Gasteiger partial charge in [0.25, 0.3) is 22.9 Å². The number of carbonyl (C=O) groups excluding carboxylic acids is 4. The fourth-order valence-corrected chi connectivity index (χ4v) is 4.94. The van der Waals surface area contributed by atoms with Crippen molar-refractivity contribution in [2.24, 2.45) is 7.05 Å². The van der Waals surface area contributed by atoms with E-state index in [2.05, 4.69) is 42.9 Å². The Morgan fingerprint density at radius 2 is 1.47 bits per heavy atom. The molecule has 0 spiro atoms. The Labute approximate surface area is 280 Å². The highest BCUT2D eigenvalue weighted by molar-refractivity contribution is 14.1. The molecule has 4 aromatic rings. The van der Waals surface area contributed by atoms with Gasteiger partial charge in [0.1, 0.15) is 35.7 Å². The van der Waals surface area contributed by atoms with Gasteiger partial charge in [-0.25, -0.2) is 0 Å². The van der Waals surface area contributed by atoms with Crippen molar-refractivity contribution in [1.29, 1.82) is 5.26 Å². The highest BCUT2D eigenvalue weighted by atomic mass is 127. The summed E-state index contributed by atoms with van der Waals surface area (Å²) in [6.45, 7) is 4.48. The molecule has 4 rings (SSSR count). The van der Waals surface area contributed by atoms with E-state index in [-0.39, 0.29) is 30.7 Å². The average Bonchev–Trinajstić information content (AvgIpc) is 3.03. The Kier molecular flexibility index (Phi) is 12.0. The number of pyridine rings is 2. The highest BCUT2D eigenvalue weighted by Gasteiger charge is 2.23. The van der Waals surface area contributed by atoms with Crippen molar-refractivity contribution in [2.75, 3.05) is 26.3 Å². The fourth-order valence-electron chi connectivity index (χ4n) is 4.45. The van der Waals surface area contributed by atoms with Crippen molar-refractivity contribution < 1.29 is 38.9 Å². The highest BCUT2D eigenvalue weighted by Crippen LogP contribution is 2.29. The number of aromatic hydroxyl groups is 2. The molecular formula is C31H30IN5O10. The molecular weight excluding hydrogens is 729 g/mol. The van der Waals surface area contributed by atoms with Gasteiger partial charge in [0.05, 0.1) is 35.9 Å². The number of nitriles is 1. The van der Waals surface area contributed by atoms with Crippen LogP contribution in [0.1, 0.15) is 45.7 Å². The molecule has 2 amide bonds. The van der Waals surface area contributed by atoms with Gasteiger partial charge >= 0.3 is 11.9 Å². The molecule has 15 nitrogen and oxygen atoms in total. The Morgan fingerprint density at radius 1 is 0.915 bits per heavy atom. The molecule has 16 heteroatoms. The summed E-state index contributed by atoms with van der Waals surface area (Å²) in [5, 5.41) is 34.7. The van der Waals surface area contributed by atoms with Crippen molar-refractivity contribution in [2.45, 2.75) is 20.8 Å². The van der Waals surface area contributed by atoms with Gasteiger partial charge in [-0.15, -0.1) is 0 Å². The van der Waals surface area contributed by atoms with Gasteiger partial charge in [0, 0.05) is 21.4 Å². The summed E-state index contributed by atoms with van der Waals surface area (Å²) in [7, 11) is 1.51. The van der Waals surface area contributed by atoms with E-state index in [9.17, 15) is 39.0 Å². The molecule has 0 aliphatic rings. The molecule has 2 aromatic heterocycles. The predicted molar refractivity (Wildman–Crippen MR) is 177 cm³/mol. The first-order valence-corrected chi connectivity index (χ1v) is 15.0. The van der Waals surface area contributed by atoms with Crippen LogP contribution in [-0.4, -0.2) is 69.8 Å². The molecule has 0 fully saturated rings. The summed E-state index contributed by atoms with van der Waals surface area (Å²) in [4.78, 5) is 73.8. The average molecular weight is 760 g/mol. The number of nitrogens with zero attached hydrogens (tertiary/aromatic N) is 2. The van der Waals surface area contributed by atoms with Gasteiger partial charge in [-0.1, -0.05) is 0 Å². The number of H-pyrrole nitrogens is 1. The molecule has 0 aliphatic carbocycles. The largest absolute Gasteiger partial charge is 0.506 e. The number of rotatable bonds is 8. The number of hydrogen-bond donors (Lipinski definition) is 5. The summed E-state index contributed by atoms with van der Waals surface area (Å²) < 4.78 is 11.5. The second kappa shape index (κ2) is 15.7. The normalized spacial score (nSPS) is 10.4. The molecule has 0 aliphatic heterocycles. The molecule has 5 N–H and O–H groups in total. The van der Waals surface area contributed by atoms with Gasteiger partial charge in [-0.2, -0.15) is 5.26 Å². The Morgan fingerprint density at radius 3 is 2.02 bits per heavy atom. The van der Waals surface area contributed by atoms with E-state index < -0.39 is 64.0 Å². The van der Waals surface area contributed by atoms with Crippen LogP contribution >= 0.6 is 22.6 Å². The standard InChI is InChI=1S/C16H15N3O5.C15H15IN2O5/c1-3-24-11(20)7-18-15(22)12-14(21)10-5-9(6-17)4-8(2)13(10)19-16(12)23;1-3-23-11(19)7-17-14(21)12-13(20)9-6-8(16)4-5-10(9)18(2)15(12)22/h4-5H,3,7H2,1-2H3,(H,18,22)(H2,19,21,23);4-6,20H,3,7H2,1-2H3,(H,17,21). The van der Waals surface area contributed by atoms with E-state index >= 15 is 0 Å². The van der Waals surface area contributed by atoms with Crippen LogP contribution in [0.2, 0.25) is 0 Å². The van der Waals surface area contributed by atoms with Crippen molar-refractivity contribution in [3.05, 3.63) is 76.9 Å². The number of esters is 2. The maximum atomic E-state index is 12.3. The van der Waals surface area contributed by atoms with Crippen molar-refractivity contribution in [3.8, 4) is 17.6 Å². The van der Waals surface area contributed by atoms with Gasteiger partial charge in [0.15, 0.2) is 0 Å². The zero-order chi connectivity index (χ0) is 35.0. The molecule has 0 bridgehead atoms. The zero-order valence-corrected chi connectivity index (χ0v) is 27.8. The third-order valence-electron chi connectivity index (χ3n) is 6.60. The van der Waals surface area contributed by atoms with Crippen LogP contribution in [0.15, 0.2) is 39.9 Å². The van der Waals surface area contributed by atoms with Crippen LogP contribution in [0.4, 0.5) is 0 Å². The minimum atomic E-state index is -0.913. The number of aryl methyl sites for hydroxylation is 2. The van der Waals surface area contributed by atoms with Gasteiger partial charge < -0.3 is 39.9 Å². The maximum absolute atomic E-state index is 12.3. The second-order valence-corrected chi connectivity index (χ2v) is 11.0. The SMILES string of the molecule is CCOC(=O)CNC(=O)c1c(O)c2cc(C#N)cc(C)c2[nH]c1=O.CCOC(=O)CNC(=O)c1c(O)c2cc(I)ccc2n(C)c1=O. The van der Waals surface area contributed by atoms with Crippen molar-refractivity contribution in [3.63, 3.8) is 0 Å². The van der Waals surface area contributed by atoms with E-state index in [0.29, 0.717) is 22.0 Å². The molecule has 2 aromatic carbocycles. The molecule has 47 heavy (non-hydrogen) atoms. The van der Waals surface area contributed by atoms with Crippen LogP contribution in [0.25, 0.3) is 21.8 Å². The third kappa shape index (κ3) is 8.24. The van der Waals surface area contributed by atoms with E-state index in [0.717, 1.165) is 3.57 Å². The van der Waals surface area contributed by atoms with Gasteiger partial charge in [-0.3, -0.25) is 28.8 Å². The predicted octanol–water partition coefficient (Wildman–Crippen LogP) is 1.85. The minimum Gasteiger partial charge on any atom is -0.506 e. The molecule has 2 heterocycles. The topological polar surface area (TPSA) is 230 Å². The van der Waals surface area contributed by atoms with Crippen LogP contribution in [0.5, 0.6) is 11.5 Å². The number of halogens is 1. The fraction of sp³-hybridized carbons (Fsp3) is 0.258. The summed E-state index contributed by atoms with van der Waals surface area (Å²) in [5.74, 6) is -3.96. The first-order valence-electron chi connectivity index (χ1n) is 13.9. The first-order chi connectivity index (χ1) is 22.2. The number of benzene rings is 2. The lowest BCUT2D eigenvalue weighted by Crippen LogP contribution is -2.35. The summed E-state index contributed by atoms with van der Waals surface area (Å²) in [6, 6.07) is 10.0. The summed E-state index contributed by atoms with van der Waals surface area (Å²) >= 11 is 2.07. The third-order valence-corrected chi connectivity index (χ3v) is 7.27. The van der Waals surface area contributed by atoms with Crippen LogP contribution < -0.4 is 21.8 Å². The Bertz CT molecular complexity index is 2060. The van der Waals surface area contributed by atoms with E-state index in [4.69, 9.17) is 10.00 Å². The van der Waals surface area contributed by atoms with Gasteiger partial charge in [-0.05, 0) is 79.3 Å². The minimum absolute atomic E-state index is 0.159. The molecule has 0 atom stereocenters. The Hall–Kier alpha value is -5.44. The second-order valence-electron chi connectivity index (χ2n) is 9.73. The number of amides is 2. The number of ether oxygens (including phenoxy) is 2. The van der Waals surface area contributed by atoms with Crippen molar-refractivity contribution in [1.82, 2.24) is 20.2 Å². The van der Waals surface area contributed by atoms with E-state index in [1.54, 1.807) is 45.0 Å². The van der Waals surface area contributed by atoms with Crippen LogP contribution in [0, 0.1) is 21.8 Å². The molecule has 0 saturated carbocycles. The number of carbonyl (C=O) groups is 4. The molecule has 246 valence electrons. The number of hydrogen-bond acceptors (Lipinski definition) is 11. The van der Waals surface area contributed by atoms with E-state index in [1.165, 1.54) is 17.7 Å². The lowest BCUT2D eigenvalue weighted by Gasteiger charge is -2.12. The molecule has 0 saturated heterocycles. The van der Waals surface area contributed by atoms with Gasteiger partial charge in [0.2, 0.25) is 0 Å². The number of aromatic amines is 1. The van der Waals surface area contributed by atoms with Crippen LogP contribution in [-0.2, 0) is 26.1 Å². The smallest absolute Gasteiger partial charge is 0.325 e. The maximum Gasteiger partial charge on any atom is 0.325 e. The molecule has 0 unspecified atom stereocenters. The Balaban J connectivity index is 0.000000256. The molecule has 0 radical (unpaired) electrons. The number of fused-ring (bicyclic) bond motifs is 2. The monoisotopic (exact) mass is 759 g/mol. The number of aromatic nitrogens is 2. The lowest BCUT2D eigenvalue weighted by molar-refractivity contribution is -0.142. The summed E-state index contributed by atoms with van der Waals surface area (Å²) in [6.07, 6.45) is 0. The quantitative estimate of drug-likeness (QED) is 0.129.